The van der Waals surface area contributed by atoms with Crippen molar-refractivity contribution in [2.75, 3.05) is 75.6 Å². The van der Waals surface area contributed by atoms with Crippen molar-refractivity contribution in [1.29, 1.82) is 0 Å². The highest BCUT2D eigenvalue weighted by Gasteiger charge is 2.39. The molecule has 8 rings (SSSR count). The summed E-state index contributed by atoms with van der Waals surface area (Å²) in [5.74, 6) is -0.0229. The second-order valence-corrected chi connectivity index (χ2v) is 15.0. The van der Waals surface area contributed by atoms with Crippen molar-refractivity contribution in [3.8, 4) is 0 Å². The molecule has 0 radical (unpaired) electrons. The van der Waals surface area contributed by atoms with E-state index in [4.69, 9.17) is 36.3 Å². The molecule has 0 atom stereocenters. The summed E-state index contributed by atoms with van der Waals surface area (Å²) in [6.45, 7) is 11.4. The minimum absolute atomic E-state index is 0.0382. The molecule has 2 saturated carbocycles. The molecule has 4 heterocycles. The molecule has 0 bridgehead atoms. The first-order valence-electron chi connectivity index (χ1n) is 20.0. The molecule has 4 aliphatic rings. The molecule has 4 aromatic rings. The van der Waals surface area contributed by atoms with Crippen LogP contribution in [0.4, 0.5) is 11.4 Å². The number of carbonyl (C=O) groups excluding carboxylic acids is 2. The van der Waals surface area contributed by atoms with Crippen LogP contribution in [0.3, 0.4) is 0 Å². The van der Waals surface area contributed by atoms with Gasteiger partial charge in [0.05, 0.1) is 50.8 Å². The Morgan fingerprint density at radius 3 is 1.47 bits per heavy atom. The average Bonchev–Trinajstić information content (AvgIpc) is 3.23. The monoisotopic (exact) mass is 799 g/mol. The van der Waals surface area contributed by atoms with Gasteiger partial charge in [0.25, 0.3) is 0 Å². The fourth-order valence-electron chi connectivity index (χ4n) is 7.39. The van der Waals surface area contributed by atoms with Crippen LogP contribution in [-0.2, 0) is 36.3 Å². The Bertz CT molecular complexity index is 1860. The summed E-state index contributed by atoms with van der Waals surface area (Å²) in [4.78, 5) is 43.7. The second kappa shape index (κ2) is 20.1. The topological polar surface area (TPSA) is 155 Å². The van der Waals surface area contributed by atoms with Gasteiger partial charge in [-0.25, -0.2) is 29.5 Å². The lowest BCUT2D eigenvalue weighted by molar-refractivity contribution is 0.0515. The second-order valence-electron chi connectivity index (χ2n) is 14.7. The Morgan fingerprint density at radius 1 is 0.667 bits per heavy atom. The number of carbonyl (C=O) groups is 2. The lowest BCUT2D eigenvalue weighted by atomic mass is 9.62. The summed E-state index contributed by atoms with van der Waals surface area (Å²) in [5.41, 5.74) is 12.3. The quantitative estimate of drug-likeness (QED) is 0.141. The van der Waals surface area contributed by atoms with E-state index in [2.05, 4.69) is 78.3 Å². The van der Waals surface area contributed by atoms with Gasteiger partial charge in [-0.2, -0.15) is 0 Å². The molecule has 57 heavy (non-hydrogen) atoms. The maximum Gasteiger partial charge on any atom is 0.341 e. The van der Waals surface area contributed by atoms with E-state index in [9.17, 15) is 9.59 Å². The van der Waals surface area contributed by atoms with Crippen LogP contribution in [0.25, 0.3) is 0 Å². The maximum absolute atomic E-state index is 11.8. The molecule has 2 N–H and O–H groups in total. The van der Waals surface area contributed by atoms with Crippen molar-refractivity contribution in [3.63, 3.8) is 0 Å². The number of nitrogens with zero attached hydrogens (tertiary/aromatic N) is 6. The number of esters is 2. The molecule has 14 heteroatoms. The zero-order valence-electron chi connectivity index (χ0n) is 33.0. The van der Waals surface area contributed by atoms with Gasteiger partial charge in [-0.05, 0) is 92.9 Å². The van der Waals surface area contributed by atoms with Gasteiger partial charge in [-0.15, -0.1) is 0 Å². The van der Waals surface area contributed by atoms with E-state index in [1.54, 1.807) is 26.2 Å². The fraction of sp³-hybridized carbons (Fsp3) is 0.488. The molecule has 2 saturated heterocycles. The molecule has 2 aliphatic carbocycles. The highest BCUT2D eigenvalue weighted by atomic mass is 35.5. The number of morpholine rings is 2. The summed E-state index contributed by atoms with van der Waals surface area (Å²) in [5, 5.41) is 0.114. The lowest BCUT2D eigenvalue weighted by Crippen LogP contribution is -2.43. The Kier molecular flexibility index (Phi) is 14.8. The fourth-order valence-corrected chi connectivity index (χ4v) is 7.49. The predicted octanol–water partition coefficient (Wildman–Crippen LogP) is 6.32. The van der Waals surface area contributed by atoms with Gasteiger partial charge < -0.3 is 34.5 Å². The number of halogens is 1. The van der Waals surface area contributed by atoms with Crippen molar-refractivity contribution in [2.24, 2.45) is 5.73 Å². The number of anilines is 2. The number of hydrogen-bond acceptors (Lipinski definition) is 13. The smallest absolute Gasteiger partial charge is 0.341 e. The van der Waals surface area contributed by atoms with Gasteiger partial charge in [0, 0.05) is 79.7 Å². The van der Waals surface area contributed by atoms with E-state index in [-0.39, 0.29) is 22.2 Å². The SMILES string of the molecule is CCOC(=O)c1cnc(CC2(c3ccc(N4CCOCC4)cc3)CCC2)nc1.CCOC(=O)c1cnc(Cl)nc1.NC1(c2ccc(N3CCOCC3)cc2)CCC1. The van der Waals surface area contributed by atoms with Crippen molar-refractivity contribution in [2.45, 2.75) is 69.7 Å². The molecule has 2 aromatic heterocycles. The zero-order chi connectivity index (χ0) is 40.1. The maximum atomic E-state index is 11.8. The summed E-state index contributed by atoms with van der Waals surface area (Å²) in [6.07, 6.45) is 13.7. The first-order valence-corrected chi connectivity index (χ1v) is 20.4. The normalized spacial score (nSPS) is 18.0. The van der Waals surface area contributed by atoms with Gasteiger partial charge in [-0.3, -0.25) is 0 Å². The van der Waals surface area contributed by atoms with Crippen LogP contribution in [0.1, 0.15) is 90.0 Å². The first-order chi connectivity index (χ1) is 27.7. The summed E-state index contributed by atoms with van der Waals surface area (Å²) < 4.78 is 20.5. The molecular weight excluding hydrogens is 746 g/mol. The molecule has 0 amide bonds. The molecule has 2 aromatic carbocycles. The summed E-state index contributed by atoms with van der Waals surface area (Å²) >= 11 is 5.42. The highest BCUT2D eigenvalue weighted by Crippen LogP contribution is 2.46. The third-order valence-electron chi connectivity index (χ3n) is 11.1. The van der Waals surface area contributed by atoms with Crippen LogP contribution in [0, 0.1) is 0 Å². The van der Waals surface area contributed by atoms with Crippen LogP contribution in [0.2, 0.25) is 5.28 Å². The van der Waals surface area contributed by atoms with Crippen LogP contribution in [-0.4, -0.2) is 97.7 Å². The molecule has 0 unspecified atom stereocenters. The summed E-state index contributed by atoms with van der Waals surface area (Å²) in [7, 11) is 0. The van der Waals surface area contributed by atoms with Crippen molar-refractivity contribution in [1.82, 2.24) is 19.9 Å². The van der Waals surface area contributed by atoms with Gasteiger partial charge in [0.1, 0.15) is 5.82 Å². The minimum atomic E-state index is -0.436. The number of hydrogen-bond donors (Lipinski definition) is 1. The molecule has 304 valence electrons. The Morgan fingerprint density at radius 2 is 1.09 bits per heavy atom. The number of aromatic nitrogens is 4. The standard InChI is InChI=1S/C22H27N3O3.C14H20N2O.C7H7ClN2O2/c1-2-28-21(26)17-15-23-20(24-16-17)14-22(8-3-9-22)18-4-6-19(7-5-18)25-10-12-27-13-11-25;15-14(6-1-7-14)12-2-4-13(5-3-12)16-8-10-17-11-9-16;1-2-12-6(11)5-3-9-7(8)10-4-5/h4-7,15-16H,2-3,8-14H2,1H3;2-5H,1,6-11,15H2;3-4H,2H2,1H3. The Labute approximate surface area is 340 Å². The first kappa shape index (κ1) is 41.9. The number of rotatable bonds is 10. The third-order valence-corrected chi connectivity index (χ3v) is 11.3. The number of nitrogens with two attached hydrogens (primary N) is 1. The van der Waals surface area contributed by atoms with Crippen LogP contribution >= 0.6 is 11.6 Å². The van der Waals surface area contributed by atoms with Gasteiger partial charge >= 0.3 is 11.9 Å². The Balaban J connectivity index is 0.000000160. The molecule has 0 spiro atoms. The van der Waals surface area contributed by atoms with Crippen LogP contribution in [0.15, 0.2) is 73.3 Å². The van der Waals surface area contributed by atoms with Gasteiger partial charge in [-0.1, -0.05) is 30.7 Å². The molecule has 4 fully saturated rings. The van der Waals surface area contributed by atoms with Crippen molar-refractivity contribution < 1.29 is 28.5 Å². The molecule has 2 aliphatic heterocycles. The average molecular weight is 800 g/mol. The Hall–Kier alpha value is -4.69. The lowest BCUT2D eigenvalue weighted by Gasteiger charge is -2.42. The largest absolute Gasteiger partial charge is 0.462 e. The van der Waals surface area contributed by atoms with E-state index in [0.717, 1.165) is 90.5 Å². The van der Waals surface area contributed by atoms with E-state index in [1.165, 1.54) is 47.7 Å². The predicted molar refractivity (Wildman–Crippen MR) is 219 cm³/mol. The molecular formula is C43H54ClN7O6. The van der Waals surface area contributed by atoms with E-state index >= 15 is 0 Å². The minimum Gasteiger partial charge on any atom is -0.462 e. The van der Waals surface area contributed by atoms with Gasteiger partial charge in [0.15, 0.2) is 0 Å². The number of ether oxygens (including phenoxy) is 4. The van der Waals surface area contributed by atoms with Crippen LogP contribution < -0.4 is 15.5 Å². The van der Waals surface area contributed by atoms with E-state index in [1.807, 2.05) is 0 Å². The van der Waals surface area contributed by atoms with Gasteiger partial charge in [0.2, 0.25) is 5.28 Å². The molecule has 13 nitrogen and oxygen atoms in total. The van der Waals surface area contributed by atoms with E-state index in [0.29, 0.717) is 24.3 Å². The zero-order valence-corrected chi connectivity index (χ0v) is 33.8. The summed E-state index contributed by atoms with van der Waals surface area (Å²) in [6, 6.07) is 17.8. The third kappa shape index (κ3) is 11.0. The van der Waals surface area contributed by atoms with E-state index < -0.39 is 5.97 Å². The highest BCUT2D eigenvalue weighted by molar-refractivity contribution is 6.28. The van der Waals surface area contributed by atoms with Crippen LogP contribution in [0.5, 0.6) is 0 Å². The number of benzene rings is 2. The van der Waals surface area contributed by atoms with Crippen molar-refractivity contribution in [3.05, 3.63) is 107 Å². The van der Waals surface area contributed by atoms with Crippen molar-refractivity contribution >= 4 is 34.9 Å².